The summed E-state index contributed by atoms with van der Waals surface area (Å²) in [7, 11) is 0. The molecule has 3 rings (SSSR count). The Morgan fingerprint density at radius 3 is 2.68 bits per heavy atom. The number of ether oxygens (including phenoxy) is 1. The Hall–Kier alpha value is -2.25. The van der Waals surface area contributed by atoms with Crippen LogP contribution in [0, 0.1) is 5.92 Å². The van der Waals surface area contributed by atoms with E-state index in [1.54, 1.807) is 6.92 Å². The monoisotopic (exact) mass is 359 g/mol. The van der Waals surface area contributed by atoms with E-state index < -0.39 is 5.97 Å². The molecule has 1 aliphatic rings. The van der Waals surface area contributed by atoms with Crippen LogP contribution in [0.1, 0.15) is 29.4 Å². The Balaban J connectivity index is 1.85. The second kappa shape index (κ2) is 8.22. The predicted octanol–water partition coefficient (Wildman–Crippen LogP) is 2.92. The molecule has 6 nitrogen and oxygen atoms in total. The highest BCUT2D eigenvalue weighted by molar-refractivity contribution is 7.18. The molecule has 0 unspecified atom stereocenters. The molecule has 0 bridgehead atoms. The van der Waals surface area contributed by atoms with E-state index in [9.17, 15) is 9.59 Å². The van der Waals surface area contributed by atoms with Gasteiger partial charge in [0.15, 0.2) is 5.13 Å². The molecule has 1 amide bonds. The van der Waals surface area contributed by atoms with Crippen molar-refractivity contribution >= 4 is 28.3 Å². The summed E-state index contributed by atoms with van der Waals surface area (Å²) in [6.07, 6.45) is 1.63. The van der Waals surface area contributed by atoms with E-state index in [0.717, 1.165) is 42.8 Å². The zero-order valence-corrected chi connectivity index (χ0v) is 14.9. The quantitative estimate of drug-likeness (QED) is 0.803. The summed E-state index contributed by atoms with van der Waals surface area (Å²) in [4.78, 5) is 29.6. The lowest BCUT2D eigenvalue weighted by Crippen LogP contribution is -2.34. The lowest BCUT2D eigenvalue weighted by Gasteiger charge is -2.20. The van der Waals surface area contributed by atoms with Gasteiger partial charge in [-0.15, -0.1) is 0 Å². The minimum atomic E-state index is -0.416. The third-order valence-corrected chi connectivity index (χ3v) is 5.03. The first-order valence-corrected chi connectivity index (χ1v) is 9.25. The molecule has 0 atom stereocenters. The maximum Gasteiger partial charge on any atom is 0.350 e. The molecule has 0 aliphatic carbocycles. The molecule has 2 heterocycles. The lowest BCUT2D eigenvalue weighted by atomic mass is 9.97. The van der Waals surface area contributed by atoms with Crippen LogP contribution in [0.2, 0.25) is 0 Å². The van der Waals surface area contributed by atoms with E-state index in [1.807, 2.05) is 30.3 Å². The van der Waals surface area contributed by atoms with Crippen molar-refractivity contribution < 1.29 is 14.3 Å². The standard InChI is InChI=1S/C18H21N3O3S/c1-2-24-17(23)15-14(12-6-4-3-5-7-12)20-18(25-15)21-16(22)13-8-10-19-11-9-13/h3-7,13,19H,2,8-11H2,1H3,(H,20,21,22). The molecule has 2 aromatic rings. The van der Waals surface area contributed by atoms with Crippen LogP contribution in [0.3, 0.4) is 0 Å². The molecular formula is C18H21N3O3S. The van der Waals surface area contributed by atoms with Crippen LogP contribution in [-0.4, -0.2) is 36.6 Å². The van der Waals surface area contributed by atoms with Gasteiger partial charge in [0.25, 0.3) is 0 Å². The molecule has 1 fully saturated rings. The molecule has 132 valence electrons. The summed E-state index contributed by atoms with van der Waals surface area (Å²) in [5.41, 5.74) is 1.37. The lowest BCUT2D eigenvalue weighted by molar-refractivity contribution is -0.120. The zero-order valence-electron chi connectivity index (χ0n) is 14.1. The predicted molar refractivity (Wildman–Crippen MR) is 97.7 cm³/mol. The van der Waals surface area contributed by atoms with Crippen LogP contribution in [0.25, 0.3) is 11.3 Å². The average molecular weight is 359 g/mol. The van der Waals surface area contributed by atoms with Gasteiger partial charge in [-0.3, -0.25) is 4.79 Å². The highest BCUT2D eigenvalue weighted by Gasteiger charge is 2.25. The van der Waals surface area contributed by atoms with E-state index in [0.29, 0.717) is 22.3 Å². The van der Waals surface area contributed by atoms with Crippen molar-refractivity contribution in [3.8, 4) is 11.3 Å². The van der Waals surface area contributed by atoms with E-state index in [1.165, 1.54) is 0 Å². The minimum Gasteiger partial charge on any atom is -0.462 e. The summed E-state index contributed by atoms with van der Waals surface area (Å²) in [5, 5.41) is 6.55. The van der Waals surface area contributed by atoms with E-state index in [2.05, 4.69) is 15.6 Å². The van der Waals surface area contributed by atoms with Crippen molar-refractivity contribution in [1.82, 2.24) is 10.3 Å². The van der Waals surface area contributed by atoms with E-state index >= 15 is 0 Å². The Labute approximate surface area is 150 Å². The number of hydrogen-bond acceptors (Lipinski definition) is 6. The van der Waals surface area contributed by atoms with Gasteiger partial charge in [0.1, 0.15) is 4.88 Å². The third kappa shape index (κ3) is 4.24. The van der Waals surface area contributed by atoms with Gasteiger partial charge in [0.2, 0.25) is 5.91 Å². The summed E-state index contributed by atoms with van der Waals surface area (Å²) < 4.78 is 5.14. The molecule has 1 aromatic heterocycles. The number of carbonyl (C=O) groups is 2. The third-order valence-electron chi connectivity index (χ3n) is 4.08. The van der Waals surface area contributed by atoms with Crippen molar-refractivity contribution in [2.75, 3.05) is 25.0 Å². The van der Waals surface area contributed by atoms with Crippen LogP contribution in [0.4, 0.5) is 5.13 Å². The summed E-state index contributed by atoms with van der Waals surface area (Å²) in [5.74, 6) is -0.470. The molecule has 1 saturated heterocycles. The van der Waals surface area contributed by atoms with Gasteiger partial charge in [-0.05, 0) is 32.9 Å². The van der Waals surface area contributed by atoms with Crippen molar-refractivity contribution in [1.29, 1.82) is 0 Å². The fraction of sp³-hybridized carbons (Fsp3) is 0.389. The highest BCUT2D eigenvalue weighted by atomic mass is 32.1. The Morgan fingerprint density at radius 2 is 2.00 bits per heavy atom. The molecule has 2 N–H and O–H groups in total. The number of nitrogens with zero attached hydrogens (tertiary/aromatic N) is 1. The first kappa shape index (κ1) is 17.6. The highest BCUT2D eigenvalue weighted by Crippen LogP contribution is 2.32. The average Bonchev–Trinajstić information content (AvgIpc) is 3.07. The van der Waals surface area contributed by atoms with E-state index in [-0.39, 0.29) is 11.8 Å². The van der Waals surface area contributed by atoms with Gasteiger partial charge >= 0.3 is 5.97 Å². The number of carbonyl (C=O) groups excluding carboxylic acids is 2. The number of anilines is 1. The van der Waals surface area contributed by atoms with Gasteiger partial charge in [-0.2, -0.15) is 0 Å². The summed E-state index contributed by atoms with van der Waals surface area (Å²) >= 11 is 1.16. The largest absolute Gasteiger partial charge is 0.462 e. The smallest absolute Gasteiger partial charge is 0.350 e. The number of amides is 1. The summed E-state index contributed by atoms with van der Waals surface area (Å²) in [6, 6.07) is 9.44. The SMILES string of the molecule is CCOC(=O)c1sc(NC(=O)C2CCNCC2)nc1-c1ccccc1. The number of thiazole rings is 1. The van der Waals surface area contributed by atoms with Crippen LogP contribution in [-0.2, 0) is 9.53 Å². The number of esters is 1. The van der Waals surface area contributed by atoms with Gasteiger partial charge < -0.3 is 15.4 Å². The maximum atomic E-state index is 12.4. The van der Waals surface area contributed by atoms with Crippen LogP contribution in [0.15, 0.2) is 30.3 Å². The second-order valence-corrected chi connectivity index (χ2v) is 6.80. The Bertz CT molecular complexity index is 739. The molecule has 25 heavy (non-hydrogen) atoms. The molecule has 0 radical (unpaired) electrons. The molecule has 7 heteroatoms. The second-order valence-electron chi connectivity index (χ2n) is 5.80. The normalized spacial score (nSPS) is 14.9. The Kier molecular flexibility index (Phi) is 5.78. The summed E-state index contributed by atoms with van der Waals surface area (Å²) in [6.45, 7) is 3.75. The van der Waals surface area contributed by atoms with Crippen molar-refractivity contribution in [3.63, 3.8) is 0 Å². The van der Waals surface area contributed by atoms with Crippen LogP contribution >= 0.6 is 11.3 Å². The first-order chi connectivity index (χ1) is 12.2. The fourth-order valence-electron chi connectivity index (χ4n) is 2.79. The Morgan fingerprint density at radius 1 is 1.28 bits per heavy atom. The zero-order chi connectivity index (χ0) is 17.6. The fourth-order valence-corrected chi connectivity index (χ4v) is 3.68. The number of nitrogens with one attached hydrogen (secondary N) is 2. The number of benzene rings is 1. The molecule has 0 saturated carbocycles. The molecule has 1 aliphatic heterocycles. The molecule has 1 aromatic carbocycles. The van der Waals surface area contributed by atoms with Crippen molar-refractivity contribution in [3.05, 3.63) is 35.2 Å². The van der Waals surface area contributed by atoms with Crippen molar-refractivity contribution in [2.45, 2.75) is 19.8 Å². The first-order valence-electron chi connectivity index (χ1n) is 8.44. The number of rotatable bonds is 5. The molecular weight excluding hydrogens is 338 g/mol. The van der Waals surface area contributed by atoms with Gasteiger partial charge in [-0.25, -0.2) is 9.78 Å². The number of hydrogen-bond donors (Lipinski definition) is 2. The van der Waals surface area contributed by atoms with Crippen LogP contribution in [0.5, 0.6) is 0 Å². The van der Waals surface area contributed by atoms with Gasteiger partial charge in [-0.1, -0.05) is 41.7 Å². The van der Waals surface area contributed by atoms with Crippen molar-refractivity contribution in [2.24, 2.45) is 5.92 Å². The number of aromatic nitrogens is 1. The minimum absolute atomic E-state index is 0.0173. The number of piperidine rings is 1. The maximum absolute atomic E-state index is 12.4. The van der Waals surface area contributed by atoms with Gasteiger partial charge in [0.05, 0.1) is 12.3 Å². The van der Waals surface area contributed by atoms with Crippen LogP contribution < -0.4 is 10.6 Å². The molecule has 0 spiro atoms. The topological polar surface area (TPSA) is 80.3 Å². The van der Waals surface area contributed by atoms with E-state index in [4.69, 9.17) is 4.74 Å². The van der Waals surface area contributed by atoms with Gasteiger partial charge in [0, 0.05) is 11.5 Å².